The van der Waals surface area contributed by atoms with E-state index in [4.69, 9.17) is 14.6 Å². The van der Waals surface area contributed by atoms with Gasteiger partial charge in [-0.15, -0.1) is 0 Å². The maximum absolute atomic E-state index is 11.3. The molecule has 0 aliphatic heterocycles. The molecule has 0 saturated carbocycles. The van der Waals surface area contributed by atoms with Crippen molar-refractivity contribution in [2.45, 2.75) is 45.4 Å². The summed E-state index contributed by atoms with van der Waals surface area (Å²) in [6.07, 6.45) is 3.34. The average Bonchev–Trinajstić information content (AvgIpc) is 2.37. The van der Waals surface area contributed by atoms with E-state index in [1.165, 1.54) is 0 Å². The van der Waals surface area contributed by atoms with Crippen molar-refractivity contribution in [3.8, 4) is 0 Å². The molecule has 0 heterocycles. The Morgan fingerprint density at radius 2 is 1.50 bits per heavy atom. The summed E-state index contributed by atoms with van der Waals surface area (Å²) in [6, 6.07) is 0. The van der Waals surface area contributed by atoms with Crippen LogP contribution in [0.15, 0.2) is 12.2 Å². The fourth-order valence-corrected chi connectivity index (χ4v) is 1.38. The lowest BCUT2D eigenvalue weighted by Gasteiger charge is -2.06. The molecule has 0 spiro atoms. The maximum atomic E-state index is 11.3. The highest BCUT2D eigenvalue weighted by Crippen LogP contribution is 2.06. The van der Waals surface area contributed by atoms with E-state index in [9.17, 15) is 14.4 Å². The first-order valence-corrected chi connectivity index (χ1v) is 6.63. The van der Waals surface area contributed by atoms with E-state index in [-0.39, 0.29) is 25.6 Å². The van der Waals surface area contributed by atoms with Crippen molar-refractivity contribution in [3.63, 3.8) is 0 Å². The van der Waals surface area contributed by atoms with Gasteiger partial charge in [-0.25, -0.2) is 4.79 Å². The molecule has 114 valence electrons. The van der Waals surface area contributed by atoms with Gasteiger partial charge in [-0.05, 0) is 19.8 Å². The Morgan fingerprint density at radius 1 is 0.950 bits per heavy atom. The van der Waals surface area contributed by atoms with Crippen molar-refractivity contribution in [1.82, 2.24) is 0 Å². The Labute approximate surface area is 118 Å². The molecule has 6 heteroatoms. The molecule has 0 aliphatic carbocycles. The zero-order valence-corrected chi connectivity index (χ0v) is 11.9. The molecule has 0 amide bonds. The molecule has 0 unspecified atom stereocenters. The zero-order chi connectivity index (χ0) is 15.4. The summed E-state index contributed by atoms with van der Waals surface area (Å²) in [6.45, 7) is 5.03. The number of hydrogen-bond acceptors (Lipinski definition) is 5. The molecule has 0 aromatic heterocycles. The molecule has 0 aromatic rings. The Kier molecular flexibility index (Phi) is 10.00. The smallest absolute Gasteiger partial charge is 0.333 e. The molecule has 6 nitrogen and oxygen atoms in total. The van der Waals surface area contributed by atoms with Crippen LogP contribution in [-0.4, -0.2) is 36.2 Å². The predicted molar refractivity (Wildman–Crippen MR) is 72.1 cm³/mol. The summed E-state index contributed by atoms with van der Waals surface area (Å²) < 4.78 is 9.64. The number of rotatable bonds is 11. The number of carbonyl (C=O) groups is 3. The molecule has 0 fully saturated rings. The number of hydrogen-bond donors (Lipinski definition) is 1. The lowest BCUT2D eigenvalue weighted by Crippen LogP contribution is -2.14. The molecular weight excluding hydrogens is 264 g/mol. The first-order valence-electron chi connectivity index (χ1n) is 6.63. The van der Waals surface area contributed by atoms with Gasteiger partial charge in [-0.3, -0.25) is 9.59 Å². The van der Waals surface area contributed by atoms with Gasteiger partial charge in [0.05, 0.1) is 0 Å². The van der Waals surface area contributed by atoms with Crippen LogP contribution in [0.1, 0.15) is 45.4 Å². The van der Waals surface area contributed by atoms with Gasteiger partial charge in [-0.2, -0.15) is 0 Å². The summed E-state index contributed by atoms with van der Waals surface area (Å²) in [5.74, 6) is -1.64. The van der Waals surface area contributed by atoms with Crippen LogP contribution in [0.4, 0.5) is 0 Å². The van der Waals surface area contributed by atoms with Crippen molar-refractivity contribution < 1.29 is 29.0 Å². The number of carbonyl (C=O) groups excluding carboxylic acids is 2. The molecule has 0 bridgehead atoms. The van der Waals surface area contributed by atoms with Gasteiger partial charge in [0.25, 0.3) is 0 Å². The first-order chi connectivity index (χ1) is 9.43. The van der Waals surface area contributed by atoms with Crippen LogP contribution in [-0.2, 0) is 23.9 Å². The largest absolute Gasteiger partial charge is 0.481 e. The summed E-state index contributed by atoms with van der Waals surface area (Å²) in [7, 11) is 0. The molecule has 0 saturated heterocycles. The van der Waals surface area contributed by atoms with E-state index in [2.05, 4.69) is 6.58 Å². The fraction of sp³-hybridized carbons (Fsp3) is 0.643. The number of aliphatic carboxylic acids is 1. The van der Waals surface area contributed by atoms with Crippen LogP contribution in [0.25, 0.3) is 0 Å². The molecule has 0 radical (unpaired) electrons. The minimum absolute atomic E-state index is 0.0239. The predicted octanol–water partition coefficient (Wildman–Crippen LogP) is 2.07. The molecule has 1 N–H and O–H groups in total. The highest BCUT2D eigenvalue weighted by atomic mass is 16.6. The average molecular weight is 286 g/mol. The van der Waals surface area contributed by atoms with Crippen LogP contribution in [0.3, 0.4) is 0 Å². The van der Waals surface area contributed by atoms with Crippen LogP contribution in [0, 0.1) is 0 Å². The Balaban J connectivity index is 3.39. The Morgan fingerprint density at radius 3 is 2.05 bits per heavy atom. The van der Waals surface area contributed by atoms with Gasteiger partial charge < -0.3 is 14.6 Å². The lowest BCUT2D eigenvalue weighted by atomic mass is 10.1. The SMILES string of the molecule is C=C(C)C(=O)OCCOC(=O)CCCCCCC(=O)O. The van der Waals surface area contributed by atoms with Crippen molar-refractivity contribution >= 4 is 17.9 Å². The highest BCUT2D eigenvalue weighted by molar-refractivity contribution is 5.86. The van der Waals surface area contributed by atoms with Crippen molar-refractivity contribution in [2.24, 2.45) is 0 Å². The van der Waals surface area contributed by atoms with Gasteiger partial charge in [0.1, 0.15) is 13.2 Å². The Hall–Kier alpha value is -1.85. The van der Waals surface area contributed by atoms with E-state index < -0.39 is 11.9 Å². The standard InChI is InChI=1S/C14H22O6/c1-11(2)14(18)20-10-9-19-13(17)8-6-4-3-5-7-12(15)16/h1,3-10H2,2H3,(H,15,16). The molecule has 0 aliphatic rings. The second-order valence-electron chi connectivity index (χ2n) is 4.44. The van der Waals surface area contributed by atoms with Gasteiger partial charge >= 0.3 is 17.9 Å². The zero-order valence-electron chi connectivity index (χ0n) is 11.9. The molecule has 20 heavy (non-hydrogen) atoms. The fourth-order valence-electron chi connectivity index (χ4n) is 1.38. The summed E-state index contributed by atoms with van der Waals surface area (Å²) >= 11 is 0. The molecule has 0 aromatic carbocycles. The number of carboxylic acid groups (broad SMARTS) is 1. The monoisotopic (exact) mass is 286 g/mol. The van der Waals surface area contributed by atoms with E-state index in [0.717, 1.165) is 12.8 Å². The summed E-state index contributed by atoms with van der Waals surface area (Å²) in [5, 5.41) is 8.44. The molecular formula is C14H22O6. The topological polar surface area (TPSA) is 89.9 Å². The normalized spacial score (nSPS) is 9.85. The quantitative estimate of drug-likeness (QED) is 0.355. The van der Waals surface area contributed by atoms with Gasteiger partial charge in [-0.1, -0.05) is 19.4 Å². The second-order valence-corrected chi connectivity index (χ2v) is 4.44. The minimum atomic E-state index is -0.797. The number of carboxylic acids is 1. The van der Waals surface area contributed by atoms with E-state index in [1.54, 1.807) is 6.92 Å². The van der Waals surface area contributed by atoms with Gasteiger partial charge in [0.2, 0.25) is 0 Å². The third kappa shape index (κ3) is 11.3. The van der Waals surface area contributed by atoms with E-state index in [1.807, 2.05) is 0 Å². The van der Waals surface area contributed by atoms with Crippen LogP contribution in [0.2, 0.25) is 0 Å². The Bertz CT molecular complexity index is 348. The van der Waals surface area contributed by atoms with Gasteiger partial charge in [0.15, 0.2) is 0 Å². The van der Waals surface area contributed by atoms with Crippen molar-refractivity contribution in [1.29, 1.82) is 0 Å². The molecule has 0 rings (SSSR count). The number of ether oxygens (including phenoxy) is 2. The van der Waals surface area contributed by atoms with Crippen LogP contribution < -0.4 is 0 Å². The number of unbranched alkanes of at least 4 members (excludes halogenated alkanes) is 3. The van der Waals surface area contributed by atoms with Crippen molar-refractivity contribution in [2.75, 3.05) is 13.2 Å². The maximum Gasteiger partial charge on any atom is 0.333 e. The highest BCUT2D eigenvalue weighted by Gasteiger charge is 2.05. The molecule has 0 atom stereocenters. The third-order valence-corrected chi connectivity index (χ3v) is 2.45. The lowest BCUT2D eigenvalue weighted by molar-refractivity contribution is -0.150. The minimum Gasteiger partial charge on any atom is -0.481 e. The van der Waals surface area contributed by atoms with E-state index >= 15 is 0 Å². The first kappa shape index (κ1) is 18.1. The van der Waals surface area contributed by atoms with Crippen LogP contribution in [0.5, 0.6) is 0 Å². The summed E-state index contributed by atoms with van der Waals surface area (Å²) in [5.41, 5.74) is 0.303. The van der Waals surface area contributed by atoms with E-state index in [0.29, 0.717) is 24.8 Å². The van der Waals surface area contributed by atoms with Gasteiger partial charge in [0, 0.05) is 18.4 Å². The van der Waals surface area contributed by atoms with Crippen molar-refractivity contribution in [3.05, 3.63) is 12.2 Å². The number of esters is 2. The third-order valence-electron chi connectivity index (χ3n) is 2.45. The van der Waals surface area contributed by atoms with Crippen LogP contribution >= 0.6 is 0 Å². The second kappa shape index (κ2) is 11.0. The summed E-state index contributed by atoms with van der Waals surface area (Å²) in [4.78, 5) is 32.6.